The van der Waals surface area contributed by atoms with Crippen LogP contribution in [0.15, 0.2) is 16.7 Å². The Kier molecular flexibility index (Phi) is 2.81. The normalized spacial score (nSPS) is 25.9. The summed E-state index contributed by atoms with van der Waals surface area (Å²) in [5, 5.41) is 18.6. The lowest BCUT2D eigenvalue weighted by Crippen LogP contribution is -2.30. The molecule has 0 bridgehead atoms. The summed E-state index contributed by atoms with van der Waals surface area (Å²) in [5.74, 6) is -0.212. The third-order valence-corrected chi connectivity index (χ3v) is 2.88. The number of aliphatic hydroxyl groups excluding tert-OH is 2. The number of β-amino-alcohol motifs (C(OH)–C–C–N with tert-alkyl or cyclic N) is 2. The number of likely N-dealkylation sites (tertiary alicyclic amines) is 1. The highest BCUT2D eigenvalue weighted by molar-refractivity contribution is 9.10. The zero-order valence-corrected chi connectivity index (χ0v) is 9.44. The fourth-order valence-corrected chi connectivity index (χ4v) is 1.94. The van der Waals surface area contributed by atoms with E-state index in [0.29, 0.717) is 5.69 Å². The number of rotatable bonds is 1. The molecular formula is C9H11BrN2O3. The molecule has 1 aromatic rings. The topological polar surface area (TPSA) is 76.6 Å². The molecule has 1 saturated heterocycles. The van der Waals surface area contributed by atoms with E-state index in [-0.39, 0.29) is 19.0 Å². The summed E-state index contributed by atoms with van der Waals surface area (Å²) in [4.78, 5) is 16.0. The average Bonchev–Trinajstić information content (AvgIpc) is 2.74. The molecule has 15 heavy (non-hydrogen) atoms. The standard InChI is InChI=1S/C9H11BrN2O3/c10-5-1-6(11-2-5)9(15)12-3-7(13)8(14)4-12/h1-2,7-8,11,13-14H,3-4H2. The molecule has 0 radical (unpaired) electrons. The summed E-state index contributed by atoms with van der Waals surface area (Å²) in [5.41, 5.74) is 0.447. The molecule has 5 nitrogen and oxygen atoms in total. The molecule has 0 saturated carbocycles. The third-order valence-electron chi connectivity index (χ3n) is 2.42. The van der Waals surface area contributed by atoms with E-state index in [1.165, 1.54) is 4.90 Å². The van der Waals surface area contributed by atoms with Crippen molar-refractivity contribution in [2.24, 2.45) is 0 Å². The summed E-state index contributed by atoms with van der Waals surface area (Å²) >= 11 is 3.23. The zero-order chi connectivity index (χ0) is 11.0. The van der Waals surface area contributed by atoms with Crippen molar-refractivity contribution in [2.45, 2.75) is 12.2 Å². The number of amides is 1. The molecule has 1 aromatic heterocycles. The van der Waals surface area contributed by atoms with Crippen LogP contribution < -0.4 is 0 Å². The molecule has 6 heteroatoms. The van der Waals surface area contributed by atoms with E-state index in [1.54, 1.807) is 12.3 Å². The molecule has 2 unspecified atom stereocenters. The Bertz CT molecular complexity index is 369. The highest BCUT2D eigenvalue weighted by Crippen LogP contribution is 2.16. The van der Waals surface area contributed by atoms with Gasteiger partial charge in [0, 0.05) is 23.8 Å². The Balaban J connectivity index is 2.10. The van der Waals surface area contributed by atoms with E-state index in [4.69, 9.17) is 0 Å². The maximum Gasteiger partial charge on any atom is 0.270 e. The first-order chi connectivity index (χ1) is 7.08. The molecular weight excluding hydrogens is 264 g/mol. The van der Waals surface area contributed by atoms with Crippen molar-refractivity contribution < 1.29 is 15.0 Å². The molecule has 0 spiro atoms. The number of aliphatic hydroxyl groups is 2. The number of carbonyl (C=O) groups excluding carboxylic acids is 1. The van der Waals surface area contributed by atoms with Gasteiger partial charge in [0.15, 0.2) is 0 Å². The van der Waals surface area contributed by atoms with Crippen LogP contribution >= 0.6 is 15.9 Å². The van der Waals surface area contributed by atoms with Crippen molar-refractivity contribution in [3.63, 3.8) is 0 Å². The fraction of sp³-hybridized carbons (Fsp3) is 0.444. The number of carbonyl (C=O) groups is 1. The summed E-state index contributed by atoms with van der Waals surface area (Å²) in [7, 11) is 0. The van der Waals surface area contributed by atoms with Crippen LogP contribution in [0.1, 0.15) is 10.5 Å². The van der Waals surface area contributed by atoms with Crippen LogP contribution in [0.25, 0.3) is 0 Å². The molecule has 82 valence electrons. The highest BCUT2D eigenvalue weighted by Gasteiger charge is 2.33. The number of halogens is 1. The maximum absolute atomic E-state index is 11.8. The molecule has 1 aliphatic rings. The largest absolute Gasteiger partial charge is 0.388 e. The molecule has 2 heterocycles. The monoisotopic (exact) mass is 274 g/mol. The van der Waals surface area contributed by atoms with Crippen molar-refractivity contribution in [3.05, 3.63) is 22.4 Å². The molecule has 1 amide bonds. The smallest absolute Gasteiger partial charge is 0.270 e. The number of hydrogen-bond donors (Lipinski definition) is 3. The third kappa shape index (κ3) is 2.06. The number of aromatic amines is 1. The number of H-pyrrole nitrogens is 1. The van der Waals surface area contributed by atoms with E-state index in [2.05, 4.69) is 20.9 Å². The first-order valence-electron chi connectivity index (χ1n) is 4.57. The zero-order valence-electron chi connectivity index (χ0n) is 7.85. The van der Waals surface area contributed by atoms with E-state index < -0.39 is 12.2 Å². The minimum absolute atomic E-state index is 0.177. The maximum atomic E-state index is 11.8. The predicted molar refractivity (Wildman–Crippen MR) is 56.4 cm³/mol. The van der Waals surface area contributed by atoms with Gasteiger partial charge >= 0.3 is 0 Å². The van der Waals surface area contributed by atoms with Crippen LogP contribution in [0, 0.1) is 0 Å². The first kappa shape index (κ1) is 10.7. The van der Waals surface area contributed by atoms with Crippen LogP contribution in [0.2, 0.25) is 0 Å². The Hall–Kier alpha value is -0.850. The van der Waals surface area contributed by atoms with Crippen molar-refractivity contribution in [1.82, 2.24) is 9.88 Å². The number of aromatic nitrogens is 1. The van der Waals surface area contributed by atoms with Crippen molar-refractivity contribution in [1.29, 1.82) is 0 Å². The molecule has 2 rings (SSSR count). The van der Waals surface area contributed by atoms with Crippen LogP contribution in [0.4, 0.5) is 0 Å². The molecule has 0 aromatic carbocycles. The van der Waals surface area contributed by atoms with Gasteiger partial charge in [-0.15, -0.1) is 0 Å². The summed E-state index contributed by atoms with van der Waals surface area (Å²) < 4.78 is 0.797. The van der Waals surface area contributed by atoms with Gasteiger partial charge in [-0.05, 0) is 22.0 Å². The Morgan fingerprint density at radius 1 is 1.47 bits per heavy atom. The molecule has 3 N–H and O–H groups in total. The number of hydrogen-bond acceptors (Lipinski definition) is 3. The molecule has 0 aliphatic carbocycles. The van der Waals surface area contributed by atoms with E-state index in [0.717, 1.165) is 4.47 Å². The van der Waals surface area contributed by atoms with E-state index >= 15 is 0 Å². The van der Waals surface area contributed by atoms with Crippen LogP contribution in [-0.4, -0.2) is 51.3 Å². The van der Waals surface area contributed by atoms with Gasteiger partial charge < -0.3 is 20.1 Å². The molecule has 1 aliphatic heterocycles. The quantitative estimate of drug-likeness (QED) is 0.673. The number of nitrogens with zero attached hydrogens (tertiary/aromatic N) is 1. The second kappa shape index (κ2) is 3.96. The Labute approximate surface area is 94.8 Å². The lowest BCUT2D eigenvalue weighted by Gasteiger charge is -2.13. The van der Waals surface area contributed by atoms with E-state index in [9.17, 15) is 15.0 Å². The van der Waals surface area contributed by atoms with Gasteiger partial charge in [-0.2, -0.15) is 0 Å². The van der Waals surface area contributed by atoms with Gasteiger partial charge in [0.25, 0.3) is 5.91 Å². The first-order valence-corrected chi connectivity index (χ1v) is 5.36. The minimum atomic E-state index is -0.840. The summed E-state index contributed by atoms with van der Waals surface area (Å²) in [6.45, 7) is 0.354. The second-order valence-electron chi connectivity index (χ2n) is 3.58. The van der Waals surface area contributed by atoms with Gasteiger partial charge in [-0.3, -0.25) is 4.79 Å². The van der Waals surface area contributed by atoms with Crippen LogP contribution in [0.3, 0.4) is 0 Å². The minimum Gasteiger partial charge on any atom is -0.388 e. The van der Waals surface area contributed by atoms with Gasteiger partial charge in [-0.1, -0.05) is 0 Å². The van der Waals surface area contributed by atoms with Gasteiger partial charge in [0.2, 0.25) is 0 Å². The second-order valence-corrected chi connectivity index (χ2v) is 4.49. The lowest BCUT2D eigenvalue weighted by atomic mass is 10.3. The summed E-state index contributed by atoms with van der Waals surface area (Å²) in [6.07, 6.45) is -0.0180. The number of nitrogens with one attached hydrogen (secondary N) is 1. The van der Waals surface area contributed by atoms with Gasteiger partial charge in [0.05, 0.1) is 12.2 Å². The van der Waals surface area contributed by atoms with E-state index in [1.807, 2.05) is 0 Å². The molecule has 2 atom stereocenters. The predicted octanol–water partition coefficient (Wildman–Crippen LogP) is -0.0452. The van der Waals surface area contributed by atoms with Gasteiger partial charge in [-0.25, -0.2) is 0 Å². The Morgan fingerprint density at radius 3 is 2.53 bits per heavy atom. The fourth-order valence-electron chi connectivity index (χ4n) is 1.60. The highest BCUT2D eigenvalue weighted by atomic mass is 79.9. The van der Waals surface area contributed by atoms with Crippen molar-refractivity contribution >= 4 is 21.8 Å². The van der Waals surface area contributed by atoms with Crippen molar-refractivity contribution in [3.8, 4) is 0 Å². The van der Waals surface area contributed by atoms with Crippen LogP contribution in [-0.2, 0) is 0 Å². The SMILES string of the molecule is O=C(c1cc(Br)c[nH]1)N1CC(O)C(O)C1. The summed E-state index contributed by atoms with van der Waals surface area (Å²) in [6, 6.07) is 1.67. The van der Waals surface area contributed by atoms with Crippen LogP contribution in [0.5, 0.6) is 0 Å². The Morgan fingerprint density at radius 2 is 2.07 bits per heavy atom. The van der Waals surface area contributed by atoms with Crippen molar-refractivity contribution in [2.75, 3.05) is 13.1 Å². The lowest BCUT2D eigenvalue weighted by molar-refractivity contribution is 0.0572. The molecule has 1 fully saturated rings. The van der Waals surface area contributed by atoms with Gasteiger partial charge in [0.1, 0.15) is 5.69 Å². The average molecular weight is 275 g/mol.